The van der Waals surface area contributed by atoms with E-state index < -0.39 is 24.0 Å². The predicted octanol–water partition coefficient (Wildman–Crippen LogP) is 0.963. The van der Waals surface area contributed by atoms with Crippen molar-refractivity contribution in [2.45, 2.75) is 19.1 Å². The molecule has 0 aromatic heterocycles. The Morgan fingerprint density at radius 2 is 1.88 bits per heavy atom. The lowest BCUT2D eigenvalue weighted by Crippen LogP contribution is -2.41. The van der Waals surface area contributed by atoms with E-state index in [0.717, 1.165) is 0 Å². The molecule has 2 atom stereocenters. The molecule has 1 amide bonds. The molecular weight excluding hydrogens is 222 g/mol. The monoisotopic (exact) mass is 237 g/mol. The van der Waals surface area contributed by atoms with Crippen LogP contribution in [0.25, 0.3) is 0 Å². The molecule has 0 fully saturated rings. The summed E-state index contributed by atoms with van der Waals surface area (Å²) in [6.45, 7) is 1.40. The highest BCUT2D eigenvalue weighted by atomic mass is 16.5. The number of aliphatic carboxylic acids is 1. The van der Waals surface area contributed by atoms with Gasteiger partial charge in [-0.15, -0.1) is 0 Å². The highest BCUT2D eigenvalue weighted by Gasteiger charge is 2.23. The zero-order chi connectivity index (χ0) is 12.8. The molecule has 5 nitrogen and oxygen atoms in total. The van der Waals surface area contributed by atoms with Gasteiger partial charge in [-0.3, -0.25) is 9.59 Å². The van der Waals surface area contributed by atoms with Crippen molar-refractivity contribution in [1.82, 2.24) is 5.32 Å². The van der Waals surface area contributed by atoms with Gasteiger partial charge in [-0.05, 0) is 12.5 Å². The van der Waals surface area contributed by atoms with Crippen molar-refractivity contribution in [3.8, 4) is 0 Å². The fourth-order valence-corrected chi connectivity index (χ4v) is 1.37. The Morgan fingerprint density at radius 1 is 1.29 bits per heavy atom. The van der Waals surface area contributed by atoms with Crippen molar-refractivity contribution in [3.63, 3.8) is 0 Å². The molecule has 0 radical (unpaired) electrons. The number of carboxylic acids is 1. The average molecular weight is 237 g/mol. The quantitative estimate of drug-likeness (QED) is 0.800. The zero-order valence-corrected chi connectivity index (χ0v) is 9.71. The second kappa shape index (κ2) is 6.00. The molecule has 5 heteroatoms. The van der Waals surface area contributed by atoms with Gasteiger partial charge in [0.15, 0.2) is 6.10 Å². The van der Waals surface area contributed by atoms with Gasteiger partial charge in [-0.1, -0.05) is 30.3 Å². The number of carbonyl (C=O) groups is 2. The summed E-state index contributed by atoms with van der Waals surface area (Å²) in [5.41, 5.74) is 0.685. The van der Waals surface area contributed by atoms with Gasteiger partial charge >= 0.3 is 5.97 Å². The van der Waals surface area contributed by atoms with Crippen molar-refractivity contribution in [3.05, 3.63) is 35.9 Å². The summed E-state index contributed by atoms with van der Waals surface area (Å²) in [4.78, 5) is 22.4. The molecule has 0 bridgehead atoms. The number of methoxy groups -OCH3 is 1. The number of ether oxygens (including phenoxy) is 1. The van der Waals surface area contributed by atoms with Crippen LogP contribution in [0.4, 0.5) is 0 Å². The van der Waals surface area contributed by atoms with E-state index in [1.165, 1.54) is 14.0 Å². The average Bonchev–Trinajstić information content (AvgIpc) is 2.31. The summed E-state index contributed by atoms with van der Waals surface area (Å²) in [6, 6.07) is 7.96. The van der Waals surface area contributed by atoms with Crippen molar-refractivity contribution in [2.75, 3.05) is 7.11 Å². The molecule has 0 aliphatic rings. The Labute approximate surface area is 99.4 Å². The molecule has 17 heavy (non-hydrogen) atoms. The minimum Gasteiger partial charge on any atom is -0.480 e. The van der Waals surface area contributed by atoms with Crippen LogP contribution in [0, 0.1) is 0 Å². The number of carboxylic acid groups (broad SMARTS) is 1. The SMILES string of the molecule is COC(C(=O)NC(C)C(=O)O)c1ccccc1. The Bertz CT molecular complexity index is 391. The van der Waals surface area contributed by atoms with Crippen molar-refractivity contribution in [1.29, 1.82) is 0 Å². The number of hydrogen-bond acceptors (Lipinski definition) is 3. The molecule has 0 heterocycles. The fourth-order valence-electron chi connectivity index (χ4n) is 1.37. The molecule has 92 valence electrons. The smallest absolute Gasteiger partial charge is 0.325 e. The van der Waals surface area contributed by atoms with Crippen molar-refractivity contribution in [2.24, 2.45) is 0 Å². The number of amides is 1. The minimum atomic E-state index is -1.08. The maximum absolute atomic E-state index is 11.8. The third kappa shape index (κ3) is 3.57. The molecule has 2 N–H and O–H groups in total. The number of rotatable bonds is 5. The van der Waals surface area contributed by atoms with Crippen LogP contribution in [0.15, 0.2) is 30.3 Å². The summed E-state index contributed by atoms with van der Waals surface area (Å²) in [6.07, 6.45) is -0.794. The van der Waals surface area contributed by atoms with Crippen LogP contribution in [-0.2, 0) is 14.3 Å². The molecule has 0 saturated carbocycles. The van der Waals surface area contributed by atoms with E-state index in [-0.39, 0.29) is 0 Å². The topological polar surface area (TPSA) is 75.6 Å². The van der Waals surface area contributed by atoms with E-state index in [0.29, 0.717) is 5.56 Å². The van der Waals surface area contributed by atoms with Gasteiger partial charge in [0.1, 0.15) is 6.04 Å². The van der Waals surface area contributed by atoms with E-state index >= 15 is 0 Å². The van der Waals surface area contributed by atoms with Crippen molar-refractivity contribution >= 4 is 11.9 Å². The van der Waals surface area contributed by atoms with Crippen LogP contribution in [0.3, 0.4) is 0 Å². The molecule has 1 aromatic carbocycles. The van der Waals surface area contributed by atoms with E-state index in [1.807, 2.05) is 6.07 Å². The van der Waals surface area contributed by atoms with Gasteiger partial charge in [0.25, 0.3) is 5.91 Å². The highest BCUT2D eigenvalue weighted by Crippen LogP contribution is 2.16. The van der Waals surface area contributed by atoms with Crippen LogP contribution in [0.2, 0.25) is 0 Å². The van der Waals surface area contributed by atoms with E-state index in [9.17, 15) is 9.59 Å². The molecular formula is C12H15NO4. The van der Waals surface area contributed by atoms with E-state index in [2.05, 4.69) is 5.32 Å². The Hall–Kier alpha value is -1.88. The molecule has 0 aliphatic carbocycles. The maximum atomic E-state index is 11.8. The minimum absolute atomic E-state index is 0.464. The lowest BCUT2D eigenvalue weighted by molar-refractivity contribution is -0.143. The summed E-state index contributed by atoms with van der Waals surface area (Å²) >= 11 is 0. The zero-order valence-electron chi connectivity index (χ0n) is 9.71. The van der Waals surface area contributed by atoms with Gasteiger partial charge < -0.3 is 15.2 Å². The number of carbonyl (C=O) groups excluding carboxylic acids is 1. The van der Waals surface area contributed by atoms with Crippen molar-refractivity contribution < 1.29 is 19.4 Å². The summed E-state index contributed by atoms with van der Waals surface area (Å²) in [7, 11) is 1.41. The summed E-state index contributed by atoms with van der Waals surface area (Å²) < 4.78 is 5.07. The molecule has 0 saturated heterocycles. The Morgan fingerprint density at radius 3 is 2.35 bits per heavy atom. The first-order valence-electron chi connectivity index (χ1n) is 5.17. The second-order valence-corrected chi connectivity index (χ2v) is 3.59. The number of benzene rings is 1. The summed E-state index contributed by atoms with van der Waals surface area (Å²) in [5, 5.41) is 11.1. The third-order valence-electron chi connectivity index (χ3n) is 2.31. The van der Waals surface area contributed by atoms with Crippen LogP contribution < -0.4 is 5.32 Å². The highest BCUT2D eigenvalue weighted by molar-refractivity contribution is 5.86. The second-order valence-electron chi connectivity index (χ2n) is 3.59. The largest absolute Gasteiger partial charge is 0.480 e. The normalized spacial score (nSPS) is 13.8. The van der Waals surface area contributed by atoms with Gasteiger partial charge in [-0.25, -0.2) is 0 Å². The first-order valence-corrected chi connectivity index (χ1v) is 5.17. The Kier molecular flexibility index (Phi) is 4.66. The first kappa shape index (κ1) is 13.2. The molecule has 1 aromatic rings. The number of nitrogens with one attached hydrogen (secondary N) is 1. The standard InChI is InChI=1S/C12H15NO4/c1-8(12(15)16)13-11(14)10(17-2)9-6-4-3-5-7-9/h3-8,10H,1-2H3,(H,13,14)(H,15,16). The molecule has 2 unspecified atom stereocenters. The van der Waals surface area contributed by atoms with Crippen LogP contribution >= 0.6 is 0 Å². The molecule has 0 spiro atoms. The lowest BCUT2D eigenvalue weighted by atomic mass is 10.1. The predicted molar refractivity (Wildman–Crippen MR) is 61.4 cm³/mol. The van der Waals surface area contributed by atoms with Gasteiger partial charge in [0, 0.05) is 7.11 Å². The van der Waals surface area contributed by atoms with Gasteiger partial charge in [0.05, 0.1) is 0 Å². The maximum Gasteiger partial charge on any atom is 0.325 e. The van der Waals surface area contributed by atoms with Crippen LogP contribution in [0.1, 0.15) is 18.6 Å². The Balaban J connectivity index is 2.75. The molecule has 1 rings (SSSR count). The van der Waals surface area contributed by atoms with Gasteiger partial charge in [0.2, 0.25) is 0 Å². The first-order chi connectivity index (χ1) is 8.06. The van der Waals surface area contributed by atoms with Gasteiger partial charge in [-0.2, -0.15) is 0 Å². The van der Waals surface area contributed by atoms with E-state index in [1.54, 1.807) is 24.3 Å². The lowest BCUT2D eigenvalue weighted by Gasteiger charge is -2.17. The van der Waals surface area contributed by atoms with Crippen LogP contribution in [0.5, 0.6) is 0 Å². The summed E-state index contributed by atoms with van der Waals surface area (Å²) in [5.74, 6) is -1.55. The molecule has 0 aliphatic heterocycles. The van der Waals surface area contributed by atoms with E-state index in [4.69, 9.17) is 9.84 Å². The third-order valence-corrected chi connectivity index (χ3v) is 2.31. The van der Waals surface area contributed by atoms with Crippen LogP contribution in [-0.4, -0.2) is 30.1 Å². The fraction of sp³-hybridized carbons (Fsp3) is 0.333. The number of hydrogen-bond donors (Lipinski definition) is 2.